The lowest BCUT2D eigenvalue weighted by Crippen LogP contribution is -2.24. The van der Waals surface area contributed by atoms with E-state index >= 15 is 0 Å². The summed E-state index contributed by atoms with van der Waals surface area (Å²) in [7, 11) is 0. The molecule has 0 radical (unpaired) electrons. The van der Waals surface area contributed by atoms with Crippen molar-refractivity contribution in [3.8, 4) is 12.1 Å². The third kappa shape index (κ3) is 4.73. The molecule has 7 nitrogen and oxygen atoms in total. The van der Waals surface area contributed by atoms with Crippen molar-refractivity contribution in [1.29, 1.82) is 10.5 Å². The number of nitriles is 2. The first-order valence-corrected chi connectivity index (χ1v) is 11.7. The van der Waals surface area contributed by atoms with Gasteiger partial charge in [0.25, 0.3) is 0 Å². The highest BCUT2D eigenvalue weighted by Crippen LogP contribution is 2.35. The molecule has 160 valence electrons. The summed E-state index contributed by atoms with van der Waals surface area (Å²) in [5, 5.41) is 22.2. The molecule has 0 aromatic carbocycles. The Bertz CT molecular complexity index is 1110. The van der Waals surface area contributed by atoms with Gasteiger partial charge in [0.2, 0.25) is 5.91 Å². The molecule has 2 aromatic rings. The number of rotatable bonds is 7. The van der Waals surface area contributed by atoms with E-state index in [0.717, 1.165) is 41.9 Å². The van der Waals surface area contributed by atoms with Gasteiger partial charge < -0.3 is 10.1 Å². The summed E-state index contributed by atoms with van der Waals surface area (Å²) in [6.07, 6.45) is 3.35. The summed E-state index contributed by atoms with van der Waals surface area (Å²) in [4.78, 5) is 30.1. The number of hydrogen-bond acceptors (Lipinski definition) is 8. The number of carbonyl (C=O) groups is 2. The predicted octanol–water partition coefficient (Wildman–Crippen LogP) is 4.37. The fourth-order valence-electron chi connectivity index (χ4n) is 3.40. The highest BCUT2D eigenvalue weighted by atomic mass is 32.2. The summed E-state index contributed by atoms with van der Waals surface area (Å²) < 4.78 is 5.04. The Hall–Kier alpha value is -2.88. The van der Waals surface area contributed by atoms with Gasteiger partial charge in [0, 0.05) is 5.69 Å². The van der Waals surface area contributed by atoms with Gasteiger partial charge in [-0.15, -0.1) is 11.3 Å². The number of thioether (sulfide) groups is 1. The van der Waals surface area contributed by atoms with Crippen LogP contribution in [0.15, 0.2) is 11.1 Å². The molecule has 0 saturated heterocycles. The van der Waals surface area contributed by atoms with Gasteiger partial charge in [-0.05, 0) is 56.7 Å². The molecule has 2 aromatic heterocycles. The Labute approximate surface area is 189 Å². The van der Waals surface area contributed by atoms with E-state index in [4.69, 9.17) is 4.74 Å². The van der Waals surface area contributed by atoms with Crippen molar-refractivity contribution in [2.75, 3.05) is 11.9 Å². The van der Waals surface area contributed by atoms with E-state index in [0.29, 0.717) is 32.5 Å². The molecule has 3 rings (SSSR count). The fourth-order valence-corrected chi connectivity index (χ4v) is 5.45. The molecular formula is C22H22N4O3S2. The summed E-state index contributed by atoms with van der Waals surface area (Å²) in [6, 6.07) is 6.13. The third-order valence-electron chi connectivity index (χ3n) is 5.01. The van der Waals surface area contributed by atoms with Gasteiger partial charge >= 0.3 is 5.97 Å². The minimum Gasteiger partial charge on any atom is -0.462 e. The molecule has 0 aliphatic heterocycles. The van der Waals surface area contributed by atoms with Crippen LogP contribution < -0.4 is 5.32 Å². The standard InChI is InChI=1S/C22H22N4O3S2/c1-4-17(30-20-14(10-23)9-13-7-6-8-16(13)25-20)19(27)26-21-15(11-24)12(3)18(31-21)22(28)29-5-2/h9,17H,4-8H2,1-3H3,(H,26,27). The first-order chi connectivity index (χ1) is 14.9. The van der Waals surface area contributed by atoms with Crippen molar-refractivity contribution in [2.24, 2.45) is 0 Å². The number of aryl methyl sites for hydroxylation is 2. The topological polar surface area (TPSA) is 116 Å². The minimum absolute atomic E-state index is 0.226. The lowest BCUT2D eigenvalue weighted by molar-refractivity contribution is -0.115. The van der Waals surface area contributed by atoms with Gasteiger partial charge in [0.1, 0.15) is 27.0 Å². The molecule has 31 heavy (non-hydrogen) atoms. The first kappa shape index (κ1) is 22.8. The molecule has 1 N–H and O–H groups in total. The number of nitrogens with one attached hydrogen (secondary N) is 1. The van der Waals surface area contributed by atoms with Crippen molar-refractivity contribution in [3.05, 3.63) is 38.9 Å². The van der Waals surface area contributed by atoms with Crippen molar-refractivity contribution < 1.29 is 14.3 Å². The van der Waals surface area contributed by atoms with E-state index in [2.05, 4.69) is 22.4 Å². The van der Waals surface area contributed by atoms with Gasteiger partial charge in [0.15, 0.2) is 0 Å². The maximum absolute atomic E-state index is 13.0. The third-order valence-corrected chi connectivity index (χ3v) is 7.56. The molecule has 1 aliphatic carbocycles. The van der Waals surface area contributed by atoms with Crippen LogP contribution in [0.5, 0.6) is 0 Å². The summed E-state index contributed by atoms with van der Waals surface area (Å²) in [5.41, 5.74) is 3.34. The summed E-state index contributed by atoms with van der Waals surface area (Å²) >= 11 is 2.30. The number of hydrogen-bond donors (Lipinski definition) is 1. The SMILES string of the molecule is CCOC(=O)c1sc(NC(=O)C(CC)Sc2nc3c(cc2C#N)CCC3)c(C#N)c1C. The molecule has 1 unspecified atom stereocenters. The molecule has 1 aliphatic rings. The average molecular weight is 455 g/mol. The van der Waals surface area contributed by atoms with E-state index < -0.39 is 11.2 Å². The Kier molecular flexibility index (Phi) is 7.32. The molecule has 1 amide bonds. The molecule has 2 heterocycles. The molecule has 0 fully saturated rings. The molecule has 1 atom stereocenters. The number of carbonyl (C=O) groups excluding carboxylic acids is 2. The second-order valence-corrected chi connectivity index (χ2v) is 9.22. The fraction of sp³-hybridized carbons (Fsp3) is 0.409. The first-order valence-electron chi connectivity index (χ1n) is 10.0. The van der Waals surface area contributed by atoms with E-state index in [1.54, 1.807) is 13.8 Å². The Morgan fingerprint density at radius 3 is 2.74 bits per heavy atom. The van der Waals surface area contributed by atoms with E-state index in [9.17, 15) is 20.1 Å². The Morgan fingerprint density at radius 1 is 1.32 bits per heavy atom. The normalized spacial score (nSPS) is 13.1. The number of anilines is 1. The van der Waals surface area contributed by atoms with Crippen molar-refractivity contribution in [1.82, 2.24) is 4.98 Å². The monoisotopic (exact) mass is 454 g/mol. The number of aromatic nitrogens is 1. The largest absolute Gasteiger partial charge is 0.462 e. The summed E-state index contributed by atoms with van der Waals surface area (Å²) in [6.45, 7) is 5.48. The maximum atomic E-state index is 13.0. The number of thiophene rings is 1. The number of esters is 1. The second kappa shape index (κ2) is 9.95. The van der Waals surface area contributed by atoms with Crippen LogP contribution in [-0.4, -0.2) is 28.7 Å². The number of ether oxygens (including phenoxy) is 1. The van der Waals surface area contributed by atoms with Gasteiger partial charge in [0.05, 0.1) is 23.0 Å². The van der Waals surface area contributed by atoms with Gasteiger partial charge in [-0.1, -0.05) is 18.7 Å². The Morgan fingerprint density at radius 2 is 2.10 bits per heavy atom. The zero-order valence-electron chi connectivity index (χ0n) is 17.6. The van der Waals surface area contributed by atoms with Crippen LogP contribution in [0.2, 0.25) is 0 Å². The van der Waals surface area contributed by atoms with E-state index in [1.165, 1.54) is 11.8 Å². The summed E-state index contributed by atoms with van der Waals surface area (Å²) in [5.74, 6) is -0.809. The van der Waals surface area contributed by atoms with Crippen LogP contribution >= 0.6 is 23.1 Å². The van der Waals surface area contributed by atoms with Crippen LogP contribution in [0, 0.1) is 29.6 Å². The van der Waals surface area contributed by atoms with Crippen LogP contribution in [0.3, 0.4) is 0 Å². The van der Waals surface area contributed by atoms with Crippen molar-refractivity contribution in [3.63, 3.8) is 0 Å². The molecule has 0 saturated carbocycles. The Balaban J connectivity index is 1.83. The van der Waals surface area contributed by atoms with E-state index in [1.807, 2.05) is 13.0 Å². The molecule has 9 heteroatoms. The predicted molar refractivity (Wildman–Crippen MR) is 119 cm³/mol. The van der Waals surface area contributed by atoms with Crippen LogP contribution in [0.1, 0.15) is 64.3 Å². The zero-order valence-corrected chi connectivity index (χ0v) is 19.2. The maximum Gasteiger partial charge on any atom is 0.348 e. The minimum atomic E-state index is -0.510. The van der Waals surface area contributed by atoms with Crippen LogP contribution in [0.25, 0.3) is 0 Å². The van der Waals surface area contributed by atoms with Crippen molar-refractivity contribution in [2.45, 2.75) is 56.7 Å². The average Bonchev–Trinajstić information content (AvgIpc) is 3.34. The lowest BCUT2D eigenvalue weighted by atomic mass is 10.1. The second-order valence-electron chi connectivity index (χ2n) is 7.01. The van der Waals surface area contributed by atoms with Crippen LogP contribution in [0.4, 0.5) is 5.00 Å². The number of fused-ring (bicyclic) bond motifs is 1. The zero-order chi connectivity index (χ0) is 22.5. The highest BCUT2D eigenvalue weighted by molar-refractivity contribution is 8.00. The quantitative estimate of drug-likeness (QED) is 0.488. The lowest BCUT2D eigenvalue weighted by Gasteiger charge is -2.15. The number of amides is 1. The molecular weight excluding hydrogens is 432 g/mol. The van der Waals surface area contributed by atoms with Crippen molar-refractivity contribution >= 4 is 40.0 Å². The smallest absolute Gasteiger partial charge is 0.348 e. The number of pyridine rings is 1. The molecule has 0 bridgehead atoms. The van der Waals surface area contributed by atoms with Gasteiger partial charge in [-0.3, -0.25) is 4.79 Å². The number of nitrogens with zero attached hydrogens (tertiary/aromatic N) is 3. The molecule has 0 spiro atoms. The van der Waals surface area contributed by atoms with E-state index in [-0.39, 0.29) is 18.1 Å². The highest BCUT2D eigenvalue weighted by Gasteiger charge is 2.26. The van der Waals surface area contributed by atoms with Gasteiger partial charge in [-0.25, -0.2) is 9.78 Å². The van der Waals surface area contributed by atoms with Crippen LogP contribution in [-0.2, 0) is 22.4 Å². The van der Waals surface area contributed by atoms with Gasteiger partial charge in [-0.2, -0.15) is 10.5 Å².